The van der Waals surface area contributed by atoms with Crippen LogP contribution in [0, 0.1) is 0 Å². The summed E-state index contributed by atoms with van der Waals surface area (Å²) in [5, 5.41) is 0. The van der Waals surface area contributed by atoms with Gasteiger partial charge in [-0.2, -0.15) is 0 Å². The van der Waals surface area contributed by atoms with Crippen molar-refractivity contribution in [3.05, 3.63) is 54.1 Å². The zero-order chi connectivity index (χ0) is 20.3. The van der Waals surface area contributed by atoms with Crippen LogP contribution in [0.25, 0.3) is 0 Å². The first kappa shape index (κ1) is 20.6. The van der Waals surface area contributed by atoms with Crippen LogP contribution in [0.2, 0.25) is 0 Å². The third-order valence-corrected chi connectivity index (χ3v) is 10.2. The topological polar surface area (TPSA) is 30.9 Å². The molecule has 1 fully saturated rings. The zero-order valence-corrected chi connectivity index (χ0v) is 18.0. The van der Waals surface area contributed by atoms with Gasteiger partial charge in [0.15, 0.2) is 0 Å². The molecular formula is C21H23F3INO3. The first-order chi connectivity index (χ1) is 14.0. The van der Waals surface area contributed by atoms with Gasteiger partial charge in [0.25, 0.3) is 0 Å². The number of para-hydroxylation sites is 2. The van der Waals surface area contributed by atoms with E-state index >= 15 is 0 Å². The van der Waals surface area contributed by atoms with Gasteiger partial charge in [0.2, 0.25) is 0 Å². The first-order valence-corrected chi connectivity index (χ1v) is 14.0. The Morgan fingerprint density at radius 3 is 2.59 bits per heavy atom. The molecule has 1 atom stereocenters. The van der Waals surface area contributed by atoms with E-state index in [2.05, 4.69) is 4.90 Å². The van der Waals surface area contributed by atoms with Crippen molar-refractivity contribution in [1.82, 2.24) is 4.90 Å². The normalized spacial score (nSPS) is 21.1. The van der Waals surface area contributed by atoms with Crippen LogP contribution < -0.4 is 14.2 Å². The van der Waals surface area contributed by atoms with Crippen LogP contribution in [-0.2, 0) is 6.18 Å². The summed E-state index contributed by atoms with van der Waals surface area (Å²) in [7, 11) is 0. The molecule has 0 radical (unpaired) electrons. The molecule has 2 aliphatic heterocycles. The van der Waals surface area contributed by atoms with Gasteiger partial charge in [0.1, 0.15) is 0 Å². The first-order valence-electron chi connectivity index (χ1n) is 9.46. The van der Waals surface area contributed by atoms with Crippen LogP contribution >= 0.6 is 19.8 Å². The molecule has 8 heteroatoms. The fourth-order valence-corrected chi connectivity index (χ4v) is 8.43. The molecule has 2 aromatic rings. The van der Waals surface area contributed by atoms with E-state index in [-0.39, 0.29) is 6.10 Å². The van der Waals surface area contributed by atoms with Gasteiger partial charge < -0.3 is 0 Å². The molecular weight excluding hydrogens is 498 g/mol. The predicted molar refractivity (Wildman–Crippen MR) is 113 cm³/mol. The molecule has 4 rings (SSSR count). The summed E-state index contributed by atoms with van der Waals surface area (Å²) >= 11 is -1.34. The molecule has 0 spiro atoms. The number of nitrogens with zero attached hydrogens (tertiary/aromatic N) is 1. The fraction of sp³-hybridized carbons (Fsp3) is 0.429. The Morgan fingerprint density at radius 2 is 1.83 bits per heavy atom. The number of rotatable bonds is 5. The standard InChI is InChI=1S/C21H23F3INO3/c22-21(23,24)16-6-8-17(9-7-16)28-15-25-10-3-11-26(14-25)12-18-13-27-19-4-1-2-5-20(19)29-18/h1-2,4-9,18H,3,10-15H2/t18-/m1/s1. The Kier molecular flexibility index (Phi) is 6.38. The van der Waals surface area contributed by atoms with Crippen molar-refractivity contribution in [1.29, 1.82) is 0 Å². The van der Waals surface area contributed by atoms with Crippen LogP contribution in [0.1, 0.15) is 12.0 Å². The number of ether oxygens (including phenoxy) is 3. The molecule has 1 saturated heterocycles. The van der Waals surface area contributed by atoms with E-state index in [0.29, 0.717) is 17.0 Å². The van der Waals surface area contributed by atoms with E-state index in [1.165, 1.54) is 16.6 Å². The van der Waals surface area contributed by atoms with Crippen LogP contribution in [-0.4, -0.2) is 44.3 Å². The molecule has 2 aromatic carbocycles. The van der Waals surface area contributed by atoms with E-state index in [1.54, 1.807) is 0 Å². The van der Waals surface area contributed by atoms with E-state index in [4.69, 9.17) is 14.2 Å². The summed E-state index contributed by atoms with van der Waals surface area (Å²) in [5.74, 6) is 2.09. The summed E-state index contributed by atoms with van der Waals surface area (Å²) in [4.78, 5) is 2.42. The third kappa shape index (κ3) is 5.48. The third-order valence-electron chi connectivity index (χ3n) is 4.80. The van der Waals surface area contributed by atoms with Crippen molar-refractivity contribution in [3.8, 4) is 17.2 Å². The number of benzene rings is 2. The number of halogens is 4. The van der Waals surface area contributed by atoms with Gasteiger partial charge >= 0.3 is 175 Å². The number of hydrogen-bond donors (Lipinski definition) is 0. The van der Waals surface area contributed by atoms with Gasteiger partial charge in [0.05, 0.1) is 0 Å². The van der Waals surface area contributed by atoms with Crippen LogP contribution in [0.5, 0.6) is 17.2 Å². The molecule has 2 heterocycles. The molecule has 158 valence electrons. The van der Waals surface area contributed by atoms with E-state index in [0.717, 1.165) is 47.7 Å². The van der Waals surface area contributed by atoms with Crippen LogP contribution in [0.4, 0.5) is 13.2 Å². The van der Waals surface area contributed by atoms with Gasteiger partial charge in [-0.3, -0.25) is 0 Å². The maximum absolute atomic E-state index is 12.7. The SMILES string of the molecule is FC(F)(F)c1ccc(OCI2CCCN(C[C@@H]3COc4ccccc4O3)C2)cc1. The number of fused-ring (bicyclic) bond motifs is 1. The molecule has 0 saturated carbocycles. The molecule has 0 N–H and O–H groups in total. The Morgan fingerprint density at radius 1 is 1.07 bits per heavy atom. The molecule has 0 unspecified atom stereocenters. The van der Waals surface area contributed by atoms with Crippen molar-refractivity contribution in [3.63, 3.8) is 0 Å². The summed E-state index contributed by atoms with van der Waals surface area (Å²) in [6, 6.07) is 12.7. The Bertz CT molecular complexity index is 816. The van der Waals surface area contributed by atoms with Crippen molar-refractivity contribution >= 4 is 19.8 Å². The fourth-order valence-electron chi connectivity index (χ4n) is 3.38. The van der Waals surface area contributed by atoms with Crippen molar-refractivity contribution in [2.24, 2.45) is 0 Å². The maximum atomic E-state index is 12.7. The molecule has 2 aliphatic rings. The van der Waals surface area contributed by atoms with Gasteiger partial charge in [0, 0.05) is 0 Å². The molecule has 29 heavy (non-hydrogen) atoms. The zero-order valence-electron chi connectivity index (χ0n) is 15.8. The number of alkyl halides is 6. The van der Waals surface area contributed by atoms with E-state index < -0.39 is 31.6 Å². The van der Waals surface area contributed by atoms with Gasteiger partial charge in [-0.1, -0.05) is 0 Å². The second-order valence-electron chi connectivity index (χ2n) is 7.08. The molecule has 4 nitrogen and oxygen atoms in total. The quantitative estimate of drug-likeness (QED) is 0.313. The minimum absolute atomic E-state index is 0.0107. The second-order valence-corrected chi connectivity index (χ2v) is 12.7. The summed E-state index contributed by atoms with van der Waals surface area (Å²) in [6.07, 6.45) is -3.17. The van der Waals surface area contributed by atoms with E-state index in [9.17, 15) is 13.2 Å². The average molecular weight is 521 g/mol. The molecule has 0 aliphatic carbocycles. The van der Waals surface area contributed by atoms with Crippen molar-refractivity contribution < 1.29 is 27.4 Å². The summed E-state index contributed by atoms with van der Waals surface area (Å²) in [5.41, 5.74) is -0.649. The Labute approximate surface area is 175 Å². The summed E-state index contributed by atoms with van der Waals surface area (Å²) < 4.78 is 58.5. The molecule has 0 aromatic heterocycles. The van der Waals surface area contributed by atoms with Crippen molar-refractivity contribution in [2.45, 2.75) is 18.7 Å². The monoisotopic (exact) mass is 521 g/mol. The minimum atomic E-state index is -4.32. The second kappa shape index (κ2) is 8.99. The summed E-state index contributed by atoms with van der Waals surface area (Å²) in [6.45, 7) is 2.40. The molecule has 0 amide bonds. The van der Waals surface area contributed by atoms with Crippen LogP contribution in [0.3, 0.4) is 0 Å². The van der Waals surface area contributed by atoms with Gasteiger partial charge in [-0.25, -0.2) is 0 Å². The van der Waals surface area contributed by atoms with Crippen LogP contribution in [0.15, 0.2) is 48.5 Å². The van der Waals surface area contributed by atoms with E-state index in [1.807, 2.05) is 24.3 Å². The van der Waals surface area contributed by atoms with Crippen molar-refractivity contribution in [2.75, 3.05) is 33.3 Å². The van der Waals surface area contributed by atoms with Gasteiger partial charge in [-0.05, 0) is 0 Å². The predicted octanol–water partition coefficient (Wildman–Crippen LogP) is 5.05. The Hall–Kier alpha value is -1.68. The average Bonchev–Trinajstić information content (AvgIpc) is 2.72. The Balaban J connectivity index is 1.26. The molecule has 0 bridgehead atoms. The number of hydrogen-bond acceptors (Lipinski definition) is 4. The van der Waals surface area contributed by atoms with Gasteiger partial charge in [-0.15, -0.1) is 0 Å².